The predicted octanol–water partition coefficient (Wildman–Crippen LogP) is 5.28. The lowest BCUT2D eigenvalue weighted by Crippen LogP contribution is -2.51. The number of benzene rings is 2. The van der Waals surface area contributed by atoms with Crippen LogP contribution in [0.4, 0.5) is 0 Å². The lowest BCUT2D eigenvalue weighted by atomic mass is 9.98. The molecular formula is C23H28Cl2N2O4. The van der Waals surface area contributed by atoms with E-state index in [4.69, 9.17) is 32.7 Å². The monoisotopic (exact) mass is 466 g/mol. The van der Waals surface area contributed by atoms with E-state index in [1.54, 1.807) is 19.1 Å². The van der Waals surface area contributed by atoms with Crippen molar-refractivity contribution in [2.24, 2.45) is 0 Å². The van der Waals surface area contributed by atoms with Gasteiger partial charge in [-0.05, 0) is 55.5 Å². The fourth-order valence-electron chi connectivity index (χ4n) is 2.81. The van der Waals surface area contributed by atoms with Crippen molar-refractivity contribution in [3.8, 4) is 11.5 Å². The Morgan fingerprint density at radius 3 is 2.23 bits per heavy atom. The van der Waals surface area contributed by atoms with Gasteiger partial charge >= 0.3 is 0 Å². The summed E-state index contributed by atoms with van der Waals surface area (Å²) >= 11 is 11.9. The number of carbonyl (C=O) groups is 2. The first-order valence-electron chi connectivity index (χ1n) is 10.2. The van der Waals surface area contributed by atoms with Crippen LogP contribution in [0.25, 0.3) is 0 Å². The van der Waals surface area contributed by atoms with Gasteiger partial charge in [0.25, 0.3) is 11.8 Å². The third-order valence-corrected chi connectivity index (χ3v) is 5.40. The topological polar surface area (TPSA) is 76.7 Å². The quantitative estimate of drug-likeness (QED) is 0.492. The Balaban J connectivity index is 1.95. The van der Waals surface area contributed by atoms with Crippen molar-refractivity contribution in [2.75, 3.05) is 0 Å². The number of amides is 2. The Labute approximate surface area is 193 Å². The minimum Gasteiger partial charge on any atom is -0.480 e. The number of carbonyl (C=O) groups excluding carboxylic acids is 2. The van der Waals surface area contributed by atoms with Crippen LogP contribution in [0.2, 0.25) is 10.0 Å². The summed E-state index contributed by atoms with van der Waals surface area (Å²) in [7, 11) is 0. The van der Waals surface area contributed by atoms with E-state index in [1.165, 1.54) is 6.07 Å². The zero-order chi connectivity index (χ0) is 23.0. The van der Waals surface area contributed by atoms with E-state index in [0.717, 1.165) is 12.0 Å². The molecule has 0 fully saturated rings. The molecule has 0 saturated heterocycles. The Morgan fingerprint density at radius 2 is 1.58 bits per heavy atom. The first-order valence-corrected chi connectivity index (χ1v) is 11.0. The molecule has 2 aromatic rings. The second kappa shape index (κ2) is 11.8. The van der Waals surface area contributed by atoms with E-state index in [-0.39, 0.29) is 5.02 Å². The number of para-hydroxylation sites is 1. The van der Waals surface area contributed by atoms with Crippen molar-refractivity contribution >= 4 is 35.0 Å². The molecule has 2 aromatic carbocycles. The minimum absolute atomic E-state index is 0.288. The lowest BCUT2D eigenvalue weighted by Gasteiger charge is -2.22. The molecule has 6 nitrogen and oxygen atoms in total. The fraction of sp³-hybridized carbons (Fsp3) is 0.391. The van der Waals surface area contributed by atoms with Crippen molar-refractivity contribution in [1.29, 1.82) is 0 Å². The van der Waals surface area contributed by atoms with Gasteiger partial charge in [-0.3, -0.25) is 20.4 Å². The zero-order valence-electron chi connectivity index (χ0n) is 18.1. The van der Waals surface area contributed by atoms with Crippen molar-refractivity contribution in [3.05, 3.63) is 58.1 Å². The molecule has 0 aliphatic heterocycles. The number of halogens is 2. The first kappa shape index (κ1) is 24.8. The summed E-state index contributed by atoms with van der Waals surface area (Å²) in [5, 5.41) is 0.748. The third-order valence-electron chi connectivity index (χ3n) is 4.87. The smallest absolute Gasteiger partial charge is 0.279 e. The normalized spacial score (nSPS) is 13.6. The highest BCUT2D eigenvalue weighted by molar-refractivity contribution is 6.35. The number of hydrogen-bond acceptors (Lipinski definition) is 4. The van der Waals surface area contributed by atoms with Crippen LogP contribution in [0.5, 0.6) is 11.5 Å². The largest absolute Gasteiger partial charge is 0.480 e. The standard InChI is InChI=1S/C23H28Cl2N2O4/c1-5-14(3)17-9-7-8-10-20(17)31-19(6-2)23(29)27-26-22(28)15(4)30-21-12-11-16(24)13-18(21)25/h7-15,19H,5-6H2,1-4H3,(H,26,28)(H,27,29). The van der Waals surface area contributed by atoms with E-state index in [9.17, 15) is 9.59 Å². The van der Waals surface area contributed by atoms with Gasteiger partial charge in [-0.25, -0.2) is 0 Å². The average Bonchev–Trinajstić information content (AvgIpc) is 2.76. The summed E-state index contributed by atoms with van der Waals surface area (Å²) in [5.41, 5.74) is 5.82. The number of hydrogen-bond donors (Lipinski definition) is 2. The highest BCUT2D eigenvalue weighted by Crippen LogP contribution is 2.30. The molecule has 8 heteroatoms. The minimum atomic E-state index is -0.897. The maximum Gasteiger partial charge on any atom is 0.279 e. The molecule has 2 N–H and O–H groups in total. The van der Waals surface area contributed by atoms with Gasteiger partial charge in [0.05, 0.1) is 5.02 Å². The van der Waals surface area contributed by atoms with Crippen LogP contribution in [0.15, 0.2) is 42.5 Å². The fourth-order valence-corrected chi connectivity index (χ4v) is 3.26. The van der Waals surface area contributed by atoms with Gasteiger partial charge in [-0.15, -0.1) is 0 Å². The zero-order valence-corrected chi connectivity index (χ0v) is 19.6. The molecule has 0 aliphatic carbocycles. The van der Waals surface area contributed by atoms with E-state index in [2.05, 4.69) is 24.7 Å². The van der Waals surface area contributed by atoms with Gasteiger partial charge in [0, 0.05) is 5.02 Å². The Kier molecular flexibility index (Phi) is 9.46. The summed E-state index contributed by atoms with van der Waals surface area (Å²) in [4.78, 5) is 24.9. The highest BCUT2D eigenvalue weighted by Gasteiger charge is 2.23. The molecule has 0 radical (unpaired) electrons. The summed E-state index contributed by atoms with van der Waals surface area (Å²) in [6, 6.07) is 12.4. The number of ether oxygens (including phenoxy) is 2. The Morgan fingerprint density at radius 1 is 0.903 bits per heavy atom. The molecule has 31 heavy (non-hydrogen) atoms. The Hall–Kier alpha value is -2.44. The van der Waals surface area contributed by atoms with Gasteiger partial charge in [0.1, 0.15) is 11.5 Å². The molecule has 3 atom stereocenters. The summed E-state index contributed by atoms with van der Waals surface area (Å²) in [6.45, 7) is 7.59. The Bertz CT molecular complexity index is 907. The molecule has 0 bridgehead atoms. The SMILES string of the molecule is CCC(Oc1ccccc1C(C)CC)C(=O)NNC(=O)C(C)Oc1ccc(Cl)cc1Cl. The summed E-state index contributed by atoms with van der Waals surface area (Å²) < 4.78 is 11.5. The van der Waals surface area contributed by atoms with Crippen molar-refractivity contribution in [1.82, 2.24) is 10.9 Å². The van der Waals surface area contributed by atoms with E-state index in [1.807, 2.05) is 31.2 Å². The van der Waals surface area contributed by atoms with E-state index in [0.29, 0.717) is 28.9 Å². The second-order valence-corrected chi connectivity index (χ2v) is 8.02. The molecule has 0 spiro atoms. The molecule has 0 saturated carbocycles. The predicted molar refractivity (Wildman–Crippen MR) is 123 cm³/mol. The number of rotatable bonds is 9. The van der Waals surface area contributed by atoms with Crippen molar-refractivity contribution in [2.45, 2.75) is 58.7 Å². The molecule has 0 heterocycles. The van der Waals surface area contributed by atoms with Gasteiger partial charge in [-0.1, -0.05) is 62.2 Å². The molecule has 2 rings (SSSR count). The summed E-state index contributed by atoms with van der Waals surface area (Å²) in [5.74, 6) is 0.297. The van der Waals surface area contributed by atoms with E-state index >= 15 is 0 Å². The van der Waals surface area contributed by atoms with Crippen LogP contribution >= 0.6 is 23.2 Å². The van der Waals surface area contributed by atoms with Gasteiger partial charge in [-0.2, -0.15) is 0 Å². The average molecular weight is 467 g/mol. The molecule has 3 unspecified atom stereocenters. The molecule has 168 valence electrons. The van der Waals surface area contributed by atoms with Crippen molar-refractivity contribution in [3.63, 3.8) is 0 Å². The van der Waals surface area contributed by atoms with Crippen LogP contribution in [0, 0.1) is 0 Å². The second-order valence-electron chi connectivity index (χ2n) is 7.18. The summed E-state index contributed by atoms with van der Waals surface area (Å²) in [6.07, 6.45) is -0.267. The maximum atomic E-state index is 12.6. The van der Waals surface area contributed by atoms with Crippen molar-refractivity contribution < 1.29 is 19.1 Å². The van der Waals surface area contributed by atoms with Gasteiger partial charge in [0.15, 0.2) is 12.2 Å². The molecule has 0 aromatic heterocycles. The highest BCUT2D eigenvalue weighted by atomic mass is 35.5. The number of hydrazine groups is 1. The van der Waals surface area contributed by atoms with Gasteiger partial charge in [0.2, 0.25) is 0 Å². The van der Waals surface area contributed by atoms with Crippen LogP contribution < -0.4 is 20.3 Å². The van der Waals surface area contributed by atoms with Crippen LogP contribution in [-0.2, 0) is 9.59 Å². The maximum absolute atomic E-state index is 12.6. The van der Waals surface area contributed by atoms with Crippen LogP contribution in [0.3, 0.4) is 0 Å². The number of nitrogens with one attached hydrogen (secondary N) is 2. The third kappa shape index (κ3) is 7.04. The van der Waals surface area contributed by atoms with E-state index < -0.39 is 24.0 Å². The van der Waals surface area contributed by atoms with Crippen LogP contribution in [0.1, 0.15) is 52.0 Å². The van der Waals surface area contributed by atoms with Gasteiger partial charge < -0.3 is 9.47 Å². The lowest BCUT2D eigenvalue weighted by molar-refractivity contribution is -0.135. The molecular weight excluding hydrogens is 439 g/mol. The first-order chi connectivity index (χ1) is 14.8. The molecule has 2 amide bonds. The molecule has 0 aliphatic rings. The van der Waals surface area contributed by atoms with Crippen LogP contribution in [-0.4, -0.2) is 24.0 Å².